The molecule has 0 aromatic heterocycles. The Morgan fingerprint density at radius 2 is 1.69 bits per heavy atom. The normalized spacial score (nSPS) is 20.2. The average molecular weight is 527 g/mol. The molecule has 29 heavy (non-hydrogen) atoms. The van der Waals surface area contributed by atoms with E-state index < -0.39 is 9.84 Å². The molecule has 0 spiro atoms. The lowest BCUT2D eigenvalue weighted by Gasteiger charge is -2.29. The lowest BCUT2D eigenvalue weighted by Crippen LogP contribution is -2.36. The van der Waals surface area contributed by atoms with Crippen LogP contribution in [0, 0.1) is 0 Å². The van der Waals surface area contributed by atoms with Crippen molar-refractivity contribution < 1.29 is 13.2 Å². The van der Waals surface area contributed by atoms with Crippen molar-refractivity contribution in [2.75, 3.05) is 32.6 Å². The zero-order valence-electron chi connectivity index (χ0n) is 17.2. The molecule has 1 heterocycles. The van der Waals surface area contributed by atoms with E-state index in [0.29, 0.717) is 21.5 Å². The van der Waals surface area contributed by atoms with E-state index in [4.69, 9.17) is 4.74 Å². The Morgan fingerprint density at radius 1 is 1.07 bits per heavy atom. The van der Waals surface area contributed by atoms with Crippen LogP contribution in [-0.4, -0.2) is 49.4 Å². The number of hydrogen-bond acceptors (Lipinski definition) is 4. The summed E-state index contributed by atoms with van der Waals surface area (Å²) in [5.74, 6) is 0.113. The summed E-state index contributed by atoms with van der Waals surface area (Å²) in [5.41, 5.74) is 3.48. The van der Waals surface area contributed by atoms with Crippen molar-refractivity contribution >= 4 is 32.4 Å². The van der Waals surface area contributed by atoms with Crippen molar-refractivity contribution in [3.63, 3.8) is 0 Å². The maximum atomic E-state index is 12.4. The predicted octanol–water partition coefficient (Wildman–Crippen LogP) is 4.95. The number of rotatable bonds is 9. The predicted molar refractivity (Wildman–Crippen MR) is 127 cm³/mol. The summed E-state index contributed by atoms with van der Waals surface area (Å²) in [6.45, 7) is 5.07. The molecule has 1 saturated heterocycles. The molecule has 0 saturated carbocycles. The molecule has 1 unspecified atom stereocenters. The smallest absolute Gasteiger partial charge is 0.178 e. The van der Waals surface area contributed by atoms with Gasteiger partial charge in [0.1, 0.15) is 0 Å². The highest BCUT2D eigenvalue weighted by Crippen LogP contribution is 2.35. The molecule has 3 rings (SSSR count). The average Bonchev–Trinajstić information content (AvgIpc) is 3.05. The Labute approximate surface area is 188 Å². The summed E-state index contributed by atoms with van der Waals surface area (Å²) in [4.78, 5) is 2.95. The topological polar surface area (TPSA) is 46.6 Å². The van der Waals surface area contributed by atoms with Crippen molar-refractivity contribution in [3.8, 4) is 11.1 Å². The van der Waals surface area contributed by atoms with E-state index in [9.17, 15) is 8.42 Å². The largest absolute Gasteiger partial charge is 0.385 e. The van der Waals surface area contributed by atoms with E-state index in [-0.39, 0.29) is 5.75 Å². The van der Waals surface area contributed by atoms with Crippen molar-refractivity contribution in [1.82, 2.24) is 4.90 Å². The highest BCUT2D eigenvalue weighted by atomic mass is 127. The van der Waals surface area contributed by atoms with Crippen LogP contribution in [0.4, 0.5) is 0 Å². The number of likely N-dealkylation sites (tertiary alicyclic amines) is 1. The Kier molecular flexibility index (Phi) is 7.75. The molecule has 0 amide bonds. The molecule has 1 aliphatic heterocycles. The molecule has 4 nitrogen and oxygen atoms in total. The SMILES string of the molecule is COCCCS(=O)(=O)c1ccc(-c2ccc(CCN3CCCC3(C)I)cc2)cc1. The number of methoxy groups -OCH3 is 1. The molecule has 6 heteroatoms. The van der Waals surface area contributed by atoms with Crippen LogP contribution >= 0.6 is 22.6 Å². The van der Waals surface area contributed by atoms with Crippen molar-refractivity contribution in [2.24, 2.45) is 0 Å². The minimum Gasteiger partial charge on any atom is -0.385 e. The van der Waals surface area contributed by atoms with Crippen LogP contribution in [0.1, 0.15) is 31.7 Å². The van der Waals surface area contributed by atoms with Gasteiger partial charge in [0, 0.05) is 20.3 Å². The van der Waals surface area contributed by atoms with Crippen LogP contribution in [0.25, 0.3) is 11.1 Å². The molecule has 2 aromatic rings. The fourth-order valence-electron chi connectivity index (χ4n) is 3.82. The van der Waals surface area contributed by atoms with Crippen LogP contribution in [0.15, 0.2) is 53.4 Å². The monoisotopic (exact) mass is 527 g/mol. The highest BCUT2D eigenvalue weighted by molar-refractivity contribution is 14.1. The molecule has 0 aliphatic carbocycles. The van der Waals surface area contributed by atoms with Gasteiger partial charge in [0.15, 0.2) is 9.84 Å². The van der Waals surface area contributed by atoms with Gasteiger partial charge in [-0.1, -0.05) is 59.0 Å². The van der Waals surface area contributed by atoms with Crippen molar-refractivity contribution in [2.45, 2.75) is 41.0 Å². The minimum atomic E-state index is -3.25. The van der Waals surface area contributed by atoms with Gasteiger partial charge in [-0.05, 0) is 68.0 Å². The number of benzene rings is 2. The number of hydrogen-bond donors (Lipinski definition) is 0. The molecule has 0 bridgehead atoms. The number of nitrogens with zero attached hydrogens (tertiary/aromatic N) is 1. The van der Waals surface area contributed by atoms with E-state index in [1.165, 1.54) is 24.9 Å². The molecule has 158 valence electrons. The Morgan fingerprint density at radius 3 is 2.24 bits per heavy atom. The summed E-state index contributed by atoms with van der Waals surface area (Å²) in [6, 6.07) is 15.8. The number of alkyl halides is 1. The molecular weight excluding hydrogens is 497 g/mol. The van der Waals surface area contributed by atoms with Gasteiger partial charge in [0.2, 0.25) is 0 Å². The molecule has 1 atom stereocenters. The highest BCUT2D eigenvalue weighted by Gasteiger charge is 2.32. The second-order valence-corrected chi connectivity index (χ2v) is 12.3. The van der Waals surface area contributed by atoms with E-state index in [0.717, 1.165) is 24.1 Å². The molecule has 0 radical (unpaired) electrons. The van der Waals surface area contributed by atoms with Crippen molar-refractivity contribution in [3.05, 3.63) is 54.1 Å². The standard InChI is InChI=1S/C23H30INO3S/c1-23(24)14-3-15-25(23)16-13-19-5-7-20(8-6-19)21-9-11-22(12-10-21)29(26,27)18-4-17-28-2/h5-12H,3-4,13-18H2,1-2H3. The second kappa shape index (κ2) is 9.90. The molecule has 2 aromatic carbocycles. The first-order chi connectivity index (χ1) is 13.8. The summed E-state index contributed by atoms with van der Waals surface area (Å²) in [7, 11) is -1.67. The van der Waals surface area contributed by atoms with E-state index in [1.54, 1.807) is 19.2 Å². The zero-order chi connectivity index (χ0) is 20.9. The molecular formula is C23H30INO3S. The number of sulfone groups is 1. The molecule has 1 aliphatic rings. The minimum absolute atomic E-state index is 0.113. The first-order valence-electron chi connectivity index (χ1n) is 10.2. The Bertz CT molecular complexity index is 893. The molecule has 1 fully saturated rings. The fraction of sp³-hybridized carbons (Fsp3) is 0.478. The van der Waals surface area contributed by atoms with Gasteiger partial charge in [-0.25, -0.2) is 8.42 Å². The number of ether oxygens (including phenoxy) is 1. The number of halogens is 1. The third-order valence-electron chi connectivity index (χ3n) is 5.65. The van der Waals surface area contributed by atoms with Gasteiger partial charge >= 0.3 is 0 Å². The summed E-state index contributed by atoms with van der Waals surface area (Å²) in [6.07, 6.45) is 4.12. The van der Waals surface area contributed by atoms with E-state index in [2.05, 4.69) is 58.7 Å². The van der Waals surface area contributed by atoms with Crippen LogP contribution in [0.5, 0.6) is 0 Å². The van der Waals surface area contributed by atoms with Crippen LogP contribution in [0.3, 0.4) is 0 Å². The first-order valence-corrected chi connectivity index (χ1v) is 12.9. The summed E-state index contributed by atoms with van der Waals surface area (Å²) < 4.78 is 30.0. The first kappa shape index (κ1) is 22.7. The maximum absolute atomic E-state index is 12.4. The van der Waals surface area contributed by atoms with Crippen molar-refractivity contribution in [1.29, 1.82) is 0 Å². The zero-order valence-corrected chi connectivity index (χ0v) is 20.2. The third-order valence-corrected chi connectivity index (χ3v) is 8.69. The Balaban J connectivity index is 1.61. The van der Waals surface area contributed by atoms with Gasteiger partial charge in [-0.15, -0.1) is 0 Å². The van der Waals surface area contributed by atoms with Gasteiger partial charge in [0.05, 0.1) is 14.2 Å². The fourth-order valence-corrected chi connectivity index (χ4v) is 5.97. The maximum Gasteiger partial charge on any atom is 0.178 e. The van der Waals surface area contributed by atoms with E-state index >= 15 is 0 Å². The van der Waals surface area contributed by atoms with Crippen LogP contribution in [-0.2, 0) is 21.0 Å². The lowest BCUT2D eigenvalue weighted by atomic mass is 10.0. The van der Waals surface area contributed by atoms with Crippen LogP contribution < -0.4 is 0 Å². The summed E-state index contributed by atoms with van der Waals surface area (Å²) in [5, 5.41) is 0. The third kappa shape index (κ3) is 6.03. The van der Waals surface area contributed by atoms with E-state index in [1.807, 2.05) is 12.1 Å². The summed E-state index contributed by atoms with van der Waals surface area (Å²) >= 11 is 2.58. The second-order valence-electron chi connectivity index (χ2n) is 7.87. The van der Waals surface area contributed by atoms with Gasteiger partial charge in [-0.3, -0.25) is 4.90 Å². The van der Waals surface area contributed by atoms with Gasteiger partial charge in [-0.2, -0.15) is 0 Å². The van der Waals surface area contributed by atoms with Gasteiger partial charge in [0.25, 0.3) is 0 Å². The quantitative estimate of drug-likeness (QED) is 0.200. The Hall–Kier alpha value is -0.960. The van der Waals surface area contributed by atoms with Gasteiger partial charge < -0.3 is 4.74 Å². The lowest BCUT2D eigenvalue weighted by molar-refractivity contribution is 0.199. The van der Waals surface area contributed by atoms with Crippen LogP contribution in [0.2, 0.25) is 0 Å². The molecule has 0 N–H and O–H groups in total.